The van der Waals surface area contributed by atoms with E-state index in [9.17, 15) is 0 Å². The molecule has 0 radical (unpaired) electrons. The van der Waals surface area contributed by atoms with Crippen LogP contribution in [0.25, 0.3) is 0 Å². The maximum absolute atomic E-state index is 2.58. The highest BCUT2D eigenvalue weighted by Gasteiger charge is 2.18. The molecule has 0 aromatic rings. The third-order valence-corrected chi connectivity index (χ3v) is 16.9. The summed E-state index contributed by atoms with van der Waals surface area (Å²) in [5, 5.41) is 0. The van der Waals surface area contributed by atoms with Crippen LogP contribution in [0.2, 0.25) is 24.7 Å². The Kier molecular flexibility index (Phi) is 5.35. The highest BCUT2D eigenvalue weighted by molar-refractivity contribution is 7.22. The monoisotopic (exact) mass is 188 g/mol. The van der Waals surface area contributed by atoms with E-state index < -0.39 is 0 Å². The second-order valence-corrected chi connectivity index (χ2v) is 16.8. The Morgan fingerprint density at radius 2 is 1.45 bits per heavy atom. The van der Waals surface area contributed by atoms with Crippen LogP contribution in [0.4, 0.5) is 0 Å². The summed E-state index contributed by atoms with van der Waals surface area (Å²) in [5.41, 5.74) is 1.04. The summed E-state index contributed by atoms with van der Waals surface area (Å²) < 4.78 is 0. The first-order chi connectivity index (χ1) is 4.95. The highest BCUT2D eigenvalue weighted by atomic mass is 29.2. The fourth-order valence-electron chi connectivity index (χ4n) is 1.62. The predicted octanol–water partition coefficient (Wildman–Crippen LogP) is 2.84. The van der Waals surface area contributed by atoms with E-state index in [1.165, 1.54) is 0 Å². The van der Waals surface area contributed by atoms with Crippen LogP contribution in [0.15, 0.2) is 0 Å². The Morgan fingerprint density at radius 1 is 1.00 bits per heavy atom. The van der Waals surface area contributed by atoms with E-state index in [4.69, 9.17) is 0 Å². The molecule has 0 aromatic carbocycles. The van der Waals surface area contributed by atoms with E-state index >= 15 is 0 Å². The molecule has 2 heteroatoms. The Bertz CT molecular complexity index is 99.7. The van der Waals surface area contributed by atoms with Crippen molar-refractivity contribution in [2.75, 3.05) is 0 Å². The molecule has 2 atom stereocenters. The first-order valence-electron chi connectivity index (χ1n) is 4.95. The molecule has 0 aliphatic carbocycles. The fraction of sp³-hybridized carbons (Fsp3) is 1.00. The summed E-state index contributed by atoms with van der Waals surface area (Å²) >= 11 is 0. The lowest BCUT2D eigenvalue weighted by Gasteiger charge is -2.22. The third kappa shape index (κ3) is 4.80. The first kappa shape index (κ1) is 11.4. The molecule has 68 valence electrons. The minimum atomic E-state index is -0.287. The first-order valence-corrected chi connectivity index (χ1v) is 11.4. The van der Waals surface area contributed by atoms with Gasteiger partial charge in [0, 0.05) is 16.6 Å². The quantitative estimate of drug-likeness (QED) is 0.595. The van der Waals surface area contributed by atoms with Crippen molar-refractivity contribution in [3.63, 3.8) is 0 Å². The SMILES string of the molecule is CC(C)C[SiH](C)[SiH](C)C(C)C. The molecule has 2 unspecified atom stereocenters. The lowest BCUT2D eigenvalue weighted by molar-refractivity contribution is 0.729. The standard InChI is InChI=1S/C9H24Si2/c1-8(2)7-10(5)11(6)9(3)4/h8-11H,7H2,1-6H3. The second kappa shape index (κ2) is 5.15. The van der Waals surface area contributed by atoms with E-state index in [1.807, 2.05) is 0 Å². The van der Waals surface area contributed by atoms with Crippen LogP contribution in [0.5, 0.6) is 0 Å². The van der Waals surface area contributed by atoms with E-state index in [-0.39, 0.29) is 16.6 Å². The number of rotatable bonds is 4. The van der Waals surface area contributed by atoms with Crippen LogP contribution in [-0.2, 0) is 0 Å². The van der Waals surface area contributed by atoms with Gasteiger partial charge in [-0.2, -0.15) is 0 Å². The molecule has 0 aliphatic rings. The molecular formula is C9H24Si2. The summed E-state index contributed by atoms with van der Waals surface area (Å²) in [6.07, 6.45) is 0. The van der Waals surface area contributed by atoms with Crippen molar-refractivity contribution in [3.8, 4) is 0 Å². The molecule has 0 spiro atoms. The Balaban J connectivity index is 3.73. The molecule has 0 heterocycles. The molecule has 0 aliphatic heterocycles. The summed E-state index contributed by atoms with van der Waals surface area (Å²) in [6.45, 7) is 14.7. The van der Waals surface area contributed by atoms with Gasteiger partial charge in [-0.3, -0.25) is 0 Å². The normalized spacial score (nSPS) is 17.5. The molecule has 11 heavy (non-hydrogen) atoms. The van der Waals surface area contributed by atoms with Gasteiger partial charge in [0.2, 0.25) is 0 Å². The van der Waals surface area contributed by atoms with Gasteiger partial charge in [-0.25, -0.2) is 0 Å². The molecule has 0 bridgehead atoms. The van der Waals surface area contributed by atoms with Gasteiger partial charge in [0.25, 0.3) is 0 Å². The lowest BCUT2D eigenvalue weighted by Crippen LogP contribution is -2.33. The van der Waals surface area contributed by atoms with Crippen LogP contribution in [-0.4, -0.2) is 16.6 Å². The van der Waals surface area contributed by atoms with Crippen molar-refractivity contribution in [2.45, 2.75) is 52.4 Å². The van der Waals surface area contributed by atoms with Gasteiger partial charge in [-0.15, -0.1) is 0 Å². The van der Waals surface area contributed by atoms with Crippen LogP contribution in [0.3, 0.4) is 0 Å². The Morgan fingerprint density at radius 3 is 1.73 bits per heavy atom. The van der Waals surface area contributed by atoms with Crippen LogP contribution in [0.1, 0.15) is 27.7 Å². The number of hydrogen-bond donors (Lipinski definition) is 0. The van der Waals surface area contributed by atoms with E-state index in [1.54, 1.807) is 6.04 Å². The summed E-state index contributed by atoms with van der Waals surface area (Å²) in [7, 11) is -0.560. The van der Waals surface area contributed by atoms with E-state index in [0.29, 0.717) is 0 Å². The van der Waals surface area contributed by atoms with Gasteiger partial charge in [0.05, 0.1) is 0 Å². The van der Waals surface area contributed by atoms with E-state index in [0.717, 1.165) is 11.5 Å². The predicted molar refractivity (Wildman–Crippen MR) is 60.8 cm³/mol. The number of hydrogen-bond acceptors (Lipinski definition) is 0. The van der Waals surface area contributed by atoms with Crippen LogP contribution < -0.4 is 0 Å². The van der Waals surface area contributed by atoms with Crippen molar-refractivity contribution in [1.29, 1.82) is 0 Å². The van der Waals surface area contributed by atoms with Crippen molar-refractivity contribution in [3.05, 3.63) is 0 Å². The van der Waals surface area contributed by atoms with Gasteiger partial charge in [-0.05, 0) is 5.92 Å². The van der Waals surface area contributed by atoms with Crippen molar-refractivity contribution >= 4 is 16.6 Å². The molecule has 0 fully saturated rings. The fourth-order valence-corrected chi connectivity index (χ4v) is 11.7. The maximum atomic E-state index is 2.58. The largest absolute Gasteiger partial charge is 0.0741 e. The average Bonchev–Trinajstić information content (AvgIpc) is 1.84. The minimum Gasteiger partial charge on any atom is -0.0741 e. The molecule has 0 amide bonds. The average molecular weight is 188 g/mol. The summed E-state index contributed by atoms with van der Waals surface area (Å²) in [6, 6.07) is 1.57. The summed E-state index contributed by atoms with van der Waals surface area (Å²) in [5.74, 6) is 0.949. The highest BCUT2D eigenvalue weighted by Crippen LogP contribution is 2.15. The smallest absolute Gasteiger partial charge is 0.0272 e. The molecule has 0 saturated carbocycles. The van der Waals surface area contributed by atoms with Gasteiger partial charge < -0.3 is 0 Å². The molecular weight excluding hydrogens is 164 g/mol. The van der Waals surface area contributed by atoms with Gasteiger partial charge >= 0.3 is 0 Å². The van der Waals surface area contributed by atoms with E-state index in [2.05, 4.69) is 40.8 Å². The Hall–Kier alpha value is 0.434. The van der Waals surface area contributed by atoms with Gasteiger partial charge in [0.1, 0.15) is 0 Å². The lowest BCUT2D eigenvalue weighted by atomic mass is 10.3. The molecule has 0 nitrogen and oxygen atoms in total. The molecule has 0 rings (SSSR count). The molecule has 0 N–H and O–H groups in total. The summed E-state index contributed by atoms with van der Waals surface area (Å²) in [4.78, 5) is 0. The van der Waals surface area contributed by atoms with Crippen LogP contribution in [0, 0.1) is 5.92 Å². The maximum Gasteiger partial charge on any atom is 0.0272 e. The Labute approximate surface area is 75.4 Å². The van der Waals surface area contributed by atoms with Gasteiger partial charge in [-0.1, -0.05) is 52.4 Å². The zero-order chi connectivity index (χ0) is 9.02. The topological polar surface area (TPSA) is 0 Å². The molecule has 0 aromatic heterocycles. The second-order valence-electron chi connectivity index (χ2n) is 4.71. The minimum absolute atomic E-state index is 0.273. The third-order valence-electron chi connectivity index (χ3n) is 2.79. The van der Waals surface area contributed by atoms with Crippen molar-refractivity contribution in [1.82, 2.24) is 0 Å². The zero-order valence-corrected chi connectivity index (χ0v) is 11.3. The molecule has 0 saturated heterocycles. The van der Waals surface area contributed by atoms with Crippen molar-refractivity contribution < 1.29 is 0 Å². The van der Waals surface area contributed by atoms with Gasteiger partial charge in [0.15, 0.2) is 0 Å². The van der Waals surface area contributed by atoms with Crippen LogP contribution >= 0.6 is 0 Å². The zero-order valence-electron chi connectivity index (χ0n) is 9.02. The van der Waals surface area contributed by atoms with Crippen molar-refractivity contribution in [2.24, 2.45) is 5.92 Å².